The van der Waals surface area contributed by atoms with E-state index in [1.807, 2.05) is 12.1 Å². The van der Waals surface area contributed by atoms with Gasteiger partial charge in [-0.05, 0) is 42.0 Å². The number of benzene rings is 2. The third kappa shape index (κ3) is 5.24. The SMILES string of the molecule is N#C/C(=C\c1ccccc1)C(=O)Nc1ccc(S(=O)(=O)Nc2ncccn2)cc1. The Morgan fingerprint density at radius 1 is 0.966 bits per heavy atom. The number of sulfonamides is 1. The fourth-order valence-electron chi connectivity index (χ4n) is 2.31. The van der Waals surface area contributed by atoms with Gasteiger partial charge in [-0.15, -0.1) is 0 Å². The van der Waals surface area contributed by atoms with Gasteiger partial charge in [0.05, 0.1) is 4.90 Å². The van der Waals surface area contributed by atoms with Gasteiger partial charge < -0.3 is 5.32 Å². The maximum Gasteiger partial charge on any atom is 0.266 e. The number of anilines is 2. The van der Waals surface area contributed by atoms with Crippen molar-refractivity contribution in [1.29, 1.82) is 5.26 Å². The van der Waals surface area contributed by atoms with Crippen molar-refractivity contribution in [1.82, 2.24) is 9.97 Å². The Balaban J connectivity index is 1.72. The summed E-state index contributed by atoms with van der Waals surface area (Å²) in [7, 11) is -3.87. The molecule has 0 spiro atoms. The zero-order valence-electron chi connectivity index (χ0n) is 15.0. The van der Waals surface area contributed by atoms with E-state index in [0.29, 0.717) is 5.69 Å². The lowest BCUT2D eigenvalue weighted by Crippen LogP contribution is -2.16. The molecule has 0 fully saturated rings. The third-order valence-electron chi connectivity index (χ3n) is 3.69. The van der Waals surface area contributed by atoms with Crippen LogP contribution in [0, 0.1) is 11.3 Å². The first kappa shape index (κ1) is 19.7. The van der Waals surface area contributed by atoms with Crippen LogP contribution in [-0.4, -0.2) is 24.3 Å². The predicted molar refractivity (Wildman–Crippen MR) is 108 cm³/mol. The van der Waals surface area contributed by atoms with Crippen LogP contribution in [0.4, 0.5) is 11.6 Å². The minimum absolute atomic E-state index is 0.0247. The van der Waals surface area contributed by atoms with Crippen LogP contribution in [-0.2, 0) is 14.8 Å². The van der Waals surface area contributed by atoms with Crippen LogP contribution in [0.5, 0.6) is 0 Å². The van der Waals surface area contributed by atoms with Crippen LogP contribution < -0.4 is 10.0 Å². The summed E-state index contributed by atoms with van der Waals surface area (Å²) < 4.78 is 27.0. The number of amides is 1. The summed E-state index contributed by atoms with van der Waals surface area (Å²) in [5, 5.41) is 11.8. The maximum atomic E-state index is 12.4. The summed E-state index contributed by atoms with van der Waals surface area (Å²) in [4.78, 5) is 19.9. The van der Waals surface area contributed by atoms with Crippen molar-refractivity contribution in [3.63, 3.8) is 0 Å². The summed E-state index contributed by atoms with van der Waals surface area (Å²) >= 11 is 0. The zero-order valence-corrected chi connectivity index (χ0v) is 15.8. The Hall–Kier alpha value is -4.03. The molecule has 0 aliphatic heterocycles. The summed E-state index contributed by atoms with van der Waals surface area (Å²) in [5.41, 5.74) is 0.991. The lowest BCUT2D eigenvalue weighted by molar-refractivity contribution is -0.112. The van der Waals surface area contributed by atoms with Gasteiger partial charge in [0.1, 0.15) is 11.6 Å². The molecule has 3 aromatic rings. The van der Waals surface area contributed by atoms with E-state index < -0.39 is 15.9 Å². The van der Waals surface area contributed by atoms with Crippen molar-refractivity contribution in [2.24, 2.45) is 0 Å². The summed E-state index contributed by atoms with van der Waals surface area (Å²) in [6.07, 6.45) is 4.30. The van der Waals surface area contributed by atoms with Gasteiger partial charge in [0.2, 0.25) is 5.95 Å². The molecule has 0 aliphatic rings. The van der Waals surface area contributed by atoms with E-state index in [9.17, 15) is 18.5 Å². The molecule has 1 amide bonds. The molecular formula is C20H15N5O3S. The second kappa shape index (κ2) is 8.77. The number of hydrogen-bond donors (Lipinski definition) is 2. The smallest absolute Gasteiger partial charge is 0.266 e. The molecule has 0 bridgehead atoms. The highest BCUT2D eigenvalue weighted by Crippen LogP contribution is 2.17. The van der Waals surface area contributed by atoms with Crippen molar-refractivity contribution in [2.45, 2.75) is 4.90 Å². The zero-order chi connectivity index (χ0) is 20.7. The lowest BCUT2D eigenvalue weighted by atomic mass is 10.1. The summed E-state index contributed by atoms with van der Waals surface area (Å²) in [6.45, 7) is 0. The van der Waals surface area contributed by atoms with E-state index in [4.69, 9.17) is 0 Å². The quantitative estimate of drug-likeness (QED) is 0.480. The fourth-order valence-corrected chi connectivity index (χ4v) is 3.27. The second-order valence-electron chi connectivity index (χ2n) is 5.74. The van der Waals surface area contributed by atoms with E-state index >= 15 is 0 Å². The largest absolute Gasteiger partial charge is 0.321 e. The molecule has 8 nitrogen and oxygen atoms in total. The van der Waals surface area contributed by atoms with Gasteiger partial charge in [-0.2, -0.15) is 5.26 Å². The number of carbonyl (C=O) groups is 1. The maximum absolute atomic E-state index is 12.4. The molecule has 2 aromatic carbocycles. The number of aromatic nitrogens is 2. The normalized spacial score (nSPS) is 11.3. The van der Waals surface area contributed by atoms with Crippen molar-refractivity contribution in [2.75, 3.05) is 10.0 Å². The second-order valence-corrected chi connectivity index (χ2v) is 7.42. The number of nitrogens with zero attached hydrogens (tertiary/aromatic N) is 3. The van der Waals surface area contributed by atoms with Crippen molar-refractivity contribution in [3.05, 3.63) is 84.2 Å². The van der Waals surface area contributed by atoms with Crippen LogP contribution in [0.2, 0.25) is 0 Å². The Morgan fingerprint density at radius 3 is 2.24 bits per heavy atom. The van der Waals surface area contributed by atoms with Gasteiger partial charge in [-0.3, -0.25) is 4.79 Å². The minimum atomic E-state index is -3.87. The molecule has 3 rings (SSSR count). The first-order valence-corrected chi connectivity index (χ1v) is 9.84. The van der Waals surface area contributed by atoms with Gasteiger partial charge in [0.25, 0.3) is 15.9 Å². The highest BCUT2D eigenvalue weighted by atomic mass is 32.2. The Labute approximate surface area is 167 Å². The Bertz CT molecular complexity index is 1170. The van der Waals surface area contributed by atoms with Crippen LogP contribution in [0.15, 0.2) is 83.5 Å². The van der Waals surface area contributed by atoms with Gasteiger partial charge in [0, 0.05) is 18.1 Å². The molecule has 2 N–H and O–H groups in total. The number of carbonyl (C=O) groups excluding carboxylic acids is 1. The average molecular weight is 405 g/mol. The van der Waals surface area contributed by atoms with E-state index in [1.54, 1.807) is 30.3 Å². The molecule has 0 unspecified atom stereocenters. The van der Waals surface area contributed by atoms with E-state index in [0.717, 1.165) is 5.56 Å². The van der Waals surface area contributed by atoms with Crippen molar-refractivity contribution >= 4 is 33.6 Å². The molecule has 9 heteroatoms. The molecule has 1 aromatic heterocycles. The number of nitrogens with one attached hydrogen (secondary N) is 2. The standard InChI is InChI=1S/C20H15N5O3S/c21-14-16(13-15-5-2-1-3-6-15)19(26)24-17-7-9-18(10-8-17)29(27,28)25-20-22-11-4-12-23-20/h1-13H,(H,24,26)(H,22,23,25)/b16-13+. The average Bonchev–Trinajstić information content (AvgIpc) is 2.73. The van der Waals surface area contributed by atoms with Gasteiger partial charge in [-0.25, -0.2) is 23.1 Å². The highest BCUT2D eigenvalue weighted by molar-refractivity contribution is 7.92. The molecule has 1 heterocycles. The molecule has 0 saturated heterocycles. The lowest BCUT2D eigenvalue weighted by Gasteiger charge is -2.08. The van der Waals surface area contributed by atoms with Crippen molar-refractivity contribution < 1.29 is 13.2 Å². The monoisotopic (exact) mass is 405 g/mol. The third-order valence-corrected chi connectivity index (χ3v) is 5.03. The van der Waals surface area contributed by atoms with Gasteiger partial charge >= 0.3 is 0 Å². The Kier molecular flexibility index (Phi) is 5.97. The fraction of sp³-hybridized carbons (Fsp3) is 0. The molecule has 144 valence electrons. The molecular weight excluding hydrogens is 390 g/mol. The minimum Gasteiger partial charge on any atom is -0.321 e. The molecule has 0 saturated carbocycles. The molecule has 0 aliphatic carbocycles. The topological polar surface area (TPSA) is 125 Å². The van der Waals surface area contributed by atoms with Crippen LogP contribution in [0.3, 0.4) is 0 Å². The van der Waals surface area contributed by atoms with Gasteiger partial charge in [0.15, 0.2) is 0 Å². The van der Waals surface area contributed by atoms with Crippen LogP contribution in [0.1, 0.15) is 5.56 Å². The number of rotatable bonds is 6. The molecule has 0 radical (unpaired) electrons. The first-order valence-electron chi connectivity index (χ1n) is 8.36. The van der Waals surface area contributed by atoms with Crippen LogP contribution >= 0.6 is 0 Å². The number of hydrogen-bond acceptors (Lipinski definition) is 6. The van der Waals surface area contributed by atoms with Crippen molar-refractivity contribution in [3.8, 4) is 6.07 Å². The van der Waals surface area contributed by atoms with E-state index in [-0.39, 0.29) is 16.4 Å². The first-order chi connectivity index (χ1) is 14.0. The van der Waals surface area contributed by atoms with E-state index in [2.05, 4.69) is 20.0 Å². The molecule has 0 atom stereocenters. The summed E-state index contributed by atoms with van der Waals surface area (Å²) in [5.74, 6) is -0.641. The predicted octanol–water partition coefficient (Wildman–Crippen LogP) is 2.82. The number of nitriles is 1. The Morgan fingerprint density at radius 2 is 1.62 bits per heavy atom. The summed E-state index contributed by atoms with van der Waals surface area (Å²) in [6, 6.07) is 17.9. The van der Waals surface area contributed by atoms with E-state index in [1.165, 1.54) is 42.7 Å². The van der Waals surface area contributed by atoms with Crippen LogP contribution in [0.25, 0.3) is 6.08 Å². The molecule has 29 heavy (non-hydrogen) atoms. The van der Waals surface area contributed by atoms with Gasteiger partial charge in [-0.1, -0.05) is 30.3 Å². The highest BCUT2D eigenvalue weighted by Gasteiger charge is 2.16.